The fraction of sp³-hybridized carbons (Fsp3) is 0.450. The Balaban J connectivity index is 0.00000364. The van der Waals surface area contributed by atoms with E-state index in [1.807, 2.05) is 12.3 Å². The third-order valence-electron chi connectivity index (χ3n) is 4.16. The average Bonchev–Trinajstić information content (AvgIpc) is 3.03. The Labute approximate surface area is 171 Å². The van der Waals surface area contributed by atoms with Gasteiger partial charge in [0.2, 0.25) is 6.33 Å². The second-order valence-corrected chi connectivity index (χ2v) is 6.29. The van der Waals surface area contributed by atoms with Crippen LogP contribution in [0.5, 0.6) is 0 Å². The number of hydrogen-bond donors (Lipinski definition) is 1. The second-order valence-electron chi connectivity index (χ2n) is 6.29. The first-order chi connectivity index (χ1) is 12.6. The Bertz CT molecular complexity index is 731. The van der Waals surface area contributed by atoms with Gasteiger partial charge >= 0.3 is 5.97 Å². The van der Waals surface area contributed by atoms with E-state index in [1.54, 1.807) is 24.3 Å². The molecular weight excluding hydrogens is 410 g/mol. The number of amides is 1. The molecule has 7 heteroatoms. The van der Waals surface area contributed by atoms with Crippen LogP contribution in [0.2, 0.25) is 0 Å². The fourth-order valence-corrected chi connectivity index (χ4v) is 2.92. The molecule has 148 valence electrons. The van der Waals surface area contributed by atoms with Crippen LogP contribution in [0.15, 0.2) is 42.9 Å². The van der Waals surface area contributed by atoms with Gasteiger partial charge in [-0.2, -0.15) is 0 Å². The molecule has 0 aliphatic rings. The molecule has 1 heterocycles. The van der Waals surface area contributed by atoms with Crippen LogP contribution < -0.4 is 26.9 Å². The average molecular weight is 438 g/mol. The van der Waals surface area contributed by atoms with Crippen LogP contribution in [0.1, 0.15) is 42.7 Å². The molecule has 0 fully saturated rings. The second kappa shape index (κ2) is 11.5. The van der Waals surface area contributed by atoms with E-state index in [0.29, 0.717) is 12.0 Å². The van der Waals surface area contributed by atoms with E-state index in [2.05, 4.69) is 34.6 Å². The number of nitrogens with one attached hydrogen (secondary N) is 1. The number of carbonyl (C=O) groups is 2. The lowest BCUT2D eigenvalue weighted by Gasteiger charge is -2.15. The minimum atomic E-state index is -0.728. The summed E-state index contributed by atoms with van der Waals surface area (Å²) in [4.78, 5) is 24.7. The van der Waals surface area contributed by atoms with Crippen molar-refractivity contribution >= 4 is 11.9 Å². The highest BCUT2D eigenvalue weighted by Crippen LogP contribution is 2.07. The molecule has 2 aromatic rings. The number of imidazole rings is 1. The number of aromatic nitrogens is 2. The molecule has 0 spiro atoms. The Kier molecular flexibility index (Phi) is 9.78. The third-order valence-corrected chi connectivity index (χ3v) is 4.16. The van der Waals surface area contributed by atoms with Crippen LogP contribution >= 0.6 is 0 Å². The van der Waals surface area contributed by atoms with Crippen molar-refractivity contribution in [2.75, 3.05) is 7.11 Å². The molecule has 1 atom stereocenters. The van der Waals surface area contributed by atoms with Crippen molar-refractivity contribution in [1.82, 2.24) is 9.88 Å². The summed E-state index contributed by atoms with van der Waals surface area (Å²) in [5.41, 5.74) is 1.52. The molecule has 1 aromatic carbocycles. The Morgan fingerprint density at radius 2 is 1.89 bits per heavy atom. The van der Waals surface area contributed by atoms with E-state index in [0.717, 1.165) is 31.6 Å². The van der Waals surface area contributed by atoms with Crippen molar-refractivity contribution in [1.29, 1.82) is 0 Å². The van der Waals surface area contributed by atoms with Crippen LogP contribution in [0, 0.1) is 0 Å². The molecule has 0 radical (unpaired) electrons. The first-order valence-electron chi connectivity index (χ1n) is 9.10. The van der Waals surface area contributed by atoms with Crippen LogP contribution in [0.4, 0.5) is 0 Å². The van der Waals surface area contributed by atoms with Crippen LogP contribution in [0.25, 0.3) is 0 Å². The van der Waals surface area contributed by atoms with Gasteiger partial charge in [-0.3, -0.25) is 4.79 Å². The normalized spacial score (nSPS) is 11.4. The minimum absolute atomic E-state index is 0. The standard InChI is InChI=1S/C20H27N3O3.BrH/c1-4-11-22-14-17(23(15-22)12-5-2)13-18(20(25)26-3)21-19(24)16-9-7-6-8-10-16;/h6-10,14-15,18H,4-5,11-13H2,1-3H3;1H/t18-;/m0./s1. The molecule has 27 heavy (non-hydrogen) atoms. The van der Waals surface area contributed by atoms with Crippen molar-refractivity contribution in [3.05, 3.63) is 54.1 Å². The number of halogens is 1. The molecule has 1 aromatic heterocycles. The molecule has 0 saturated heterocycles. The highest BCUT2D eigenvalue weighted by Gasteiger charge is 2.26. The van der Waals surface area contributed by atoms with Gasteiger partial charge in [0.05, 0.1) is 20.2 Å². The molecule has 6 nitrogen and oxygen atoms in total. The maximum atomic E-state index is 12.5. The van der Waals surface area contributed by atoms with Gasteiger partial charge in [0.1, 0.15) is 17.9 Å². The number of hydrogen-bond acceptors (Lipinski definition) is 3. The van der Waals surface area contributed by atoms with E-state index in [9.17, 15) is 9.59 Å². The van der Waals surface area contributed by atoms with Crippen molar-refractivity contribution in [3.63, 3.8) is 0 Å². The molecule has 0 aliphatic carbocycles. The molecule has 0 saturated carbocycles. The lowest BCUT2D eigenvalue weighted by atomic mass is 10.1. The number of ether oxygens (including phenoxy) is 1. The topological polar surface area (TPSA) is 64.2 Å². The largest absolute Gasteiger partial charge is 1.00 e. The number of nitrogens with zero attached hydrogens (tertiary/aromatic N) is 2. The minimum Gasteiger partial charge on any atom is -1.00 e. The molecular formula is C20H28BrN3O3. The monoisotopic (exact) mass is 437 g/mol. The van der Waals surface area contributed by atoms with Gasteiger partial charge in [-0.1, -0.05) is 32.0 Å². The maximum absolute atomic E-state index is 12.5. The molecule has 0 bridgehead atoms. The Hall–Kier alpha value is -2.15. The van der Waals surface area contributed by atoms with Crippen molar-refractivity contribution in [3.8, 4) is 0 Å². The molecule has 2 rings (SSSR count). The number of aryl methyl sites for hydroxylation is 2. The van der Waals surface area contributed by atoms with Crippen molar-refractivity contribution < 1.29 is 35.9 Å². The van der Waals surface area contributed by atoms with E-state index in [4.69, 9.17) is 4.74 Å². The van der Waals surface area contributed by atoms with E-state index in [1.165, 1.54) is 7.11 Å². The first-order valence-corrected chi connectivity index (χ1v) is 9.10. The number of carbonyl (C=O) groups excluding carboxylic acids is 2. The van der Waals surface area contributed by atoms with Gasteiger partial charge < -0.3 is 27.0 Å². The zero-order valence-corrected chi connectivity index (χ0v) is 17.7. The number of esters is 1. The lowest BCUT2D eigenvalue weighted by molar-refractivity contribution is -0.696. The smallest absolute Gasteiger partial charge is 0.328 e. The highest BCUT2D eigenvalue weighted by molar-refractivity contribution is 5.96. The number of rotatable bonds is 9. The van der Waals surface area contributed by atoms with Crippen molar-refractivity contribution in [2.24, 2.45) is 0 Å². The van der Waals surface area contributed by atoms with Gasteiger partial charge in [-0.15, -0.1) is 0 Å². The molecule has 0 unspecified atom stereocenters. The van der Waals surface area contributed by atoms with Crippen LogP contribution in [0.3, 0.4) is 0 Å². The van der Waals surface area contributed by atoms with Crippen LogP contribution in [-0.4, -0.2) is 29.6 Å². The summed E-state index contributed by atoms with van der Waals surface area (Å²) in [6, 6.07) is 8.15. The van der Waals surface area contributed by atoms with Gasteiger partial charge in [0, 0.05) is 12.0 Å². The quantitative estimate of drug-likeness (QED) is 0.409. The van der Waals surface area contributed by atoms with Gasteiger partial charge in [-0.25, -0.2) is 13.9 Å². The Morgan fingerprint density at radius 3 is 2.48 bits per heavy atom. The summed E-state index contributed by atoms with van der Waals surface area (Å²) in [7, 11) is 1.34. The molecule has 1 N–H and O–H groups in total. The zero-order valence-electron chi connectivity index (χ0n) is 16.2. The van der Waals surface area contributed by atoms with E-state index >= 15 is 0 Å². The van der Waals surface area contributed by atoms with Crippen molar-refractivity contribution in [2.45, 2.75) is 52.2 Å². The van der Waals surface area contributed by atoms with Gasteiger partial charge in [0.15, 0.2) is 0 Å². The Morgan fingerprint density at radius 1 is 1.19 bits per heavy atom. The zero-order chi connectivity index (χ0) is 18.9. The van der Waals surface area contributed by atoms with Gasteiger partial charge in [-0.05, 0) is 25.0 Å². The summed E-state index contributed by atoms with van der Waals surface area (Å²) < 4.78 is 9.17. The highest BCUT2D eigenvalue weighted by atomic mass is 79.9. The van der Waals surface area contributed by atoms with E-state index < -0.39 is 12.0 Å². The first kappa shape index (κ1) is 22.9. The summed E-state index contributed by atoms with van der Waals surface area (Å²) in [5.74, 6) is -0.725. The summed E-state index contributed by atoms with van der Waals surface area (Å²) in [6.45, 7) is 6.03. The molecule has 1 amide bonds. The maximum Gasteiger partial charge on any atom is 0.328 e. The lowest BCUT2D eigenvalue weighted by Crippen LogP contribution is -3.00. The summed E-state index contributed by atoms with van der Waals surface area (Å²) in [5, 5.41) is 2.81. The van der Waals surface area contributed by atoms with Gasteiger partial charge in [0.25, 0.3) is 5.91 Å². The predicted octanol–water partition coefficient (Wildman–Crippen LogP) is -0.886. The third kappa shape index (κ3) is 6.50. The summed E-state index contributed by atoms with van der Waals surface area (Å²) >= 11 is 0. The number of methoxy groups -OCH3 is 1. The SMILES string of the molecule is CCCn1c[n+](CCC)cc1C[C@H](NC(=O)c1ccccc1)C(=O)OC.[Br-]. The summed E-state index contributed by atoms with van der Waals surface area (Å²) in [6.07, 6.45) is 6.53. The van der Waals surface area contributed by atoms with Crippen LogP contribution in [-0.2, 0) is 29.0 Å². The number of benzene rings is 1. The molecule has 0 aliphatic heterocycles. The fourth-order valence-electron chi connectivity index (χ4n) is 2.92. The predicted molar refractivity (Wildman–Crippen MR) is 98.6 cm³/mol. The van der Waals surface area contributed by atoms with E-state index in [-0.39, 0.29) is 22.9 Å².